The molecule has 3 amide bonds. The fraction of sp³-hybridized carbons (Fsp3) is 0.579. The number of H-pyrrole nitrogens is 1. The van der Waals surface area contributed by atoms with Crippen LogP contribution >= 0.6 is 0 Å². The summed E-state index contributed by atoms with van der Waals surface area (Å²) in [7, 11) is 1.67. The number of rotatable bonds is 4. The van der Waals surface area contributed by atoms with Crippen molar-refractivity contribution in [3.8, 4) is 0 Å². The van der Waals surface area contributed by atoms with E-state index in [1.54, 1.807) is 32.3 Å². The predicted molar refractivity (Wildman–Crippen MR) is 108 cm³/mol. The van der Waals surface area contributed by atoms with Crippen LogP contribution in [0.15, 0.2) is 22.9 Å². The Hall–Kier alpha value is -2.84. The molecule has 1 fully saturated rings. The summed E-state index contributed by atoms with van der Waals surface area (Å²) in [6.45, 7) is 5.62. The van der Waals surface area contributed by atoms with E-state index in [1.807, 2.05) is 13.8 Å². The highest BCUT2D eigenvalue weighted by Gasteiger charge is 2.08. The second-order valence-corrected chi connectivity index (χ2v) is 6.94. The SMILES string of the molecule is C1CCCC1.CC(C)N(C)C(N)=O.Cc1cc(CC(=O)Nc2ccn[nH]2)on1. The monoisotopic (exact) mass is 392 g/mol. The lowest BCUT2D eigenvalue weighted by atomic mass is 10.3. The first-order chi connectivity index (χ1) is 13.3. The Bertz CT molecular complexity index is 685. The number of nitrogens with zero attached hydrogens (tertiary/aromatic N) is 3. The molecular weight excluding hydrogens is 360 g/mol. The largest absolute Gasteiger partial charge is 0.361 e. The number of aromatic amines is 1. The number of carbonyl (C=O) groups excluding carboxylic acids is 2. The lowest BCUT2D eigenvalue weighted by Gasteiger charge is -2.17. The minimum Gasteiger partial charge on any atom is -0.361 e. The molecule has 0 radical (unpaired) electrons. The smallest absolute Gasteiger partial charge is 0.314 e. The summed E-state index contributed by atoms with van der Waals surface area (Å²) in [6.07, 6.45) is 9.23. The molecule has 2 aromatic heterocycles. The van der Waals surface area contributed by atoms with E-state index in [-0.39, 0.29) is 24.4 Å². The second kappa shape index (κ2) is 12.5. The van der Waals surface area contributed by atoms with Crippen LogP contribution in [0, 0.1) is 6.92 Å². The van der Waals surface area contributed by atoms with Crippen molar-refractivity contribution in [1.82, 2.24) is 20.3 Å². The Morgan fingerprint density at radius 1 is 1.29 bits per heavy atom. The van der Waals surface area contributed by atoms with Crippen LogP contribution in [0.3, 0.4) is 0 Å². The van der Waals surface area contributed by atoms with Gasteiger partial charge in [-0.05, 0) is 20.8 Å². The van der Waals surface area contributed by atoms with Gasteiger partial charge in [-0.3, -0.25) is 9.89 Å². The second-order valence-electron chi connectivity index (χ2n) is 6.94. The van der Waals surface area contributed by atoms with E-state index in [4.69, 9.17) is 10.3 Å². The van der Waals surface area contributed by atoms with Gasteiger partial charge in [-0.2, -0.15) is 5.10 Å². The Kier molecular flexibility index (Phi) is 10.4. The van der Waals surface area contributed by atoms with Gasteiger partial charge in [0.2, 0.25) is 5.91 Å². The van der Waals surface area contributed by atoms with Crippen molar-refractivity contribution in [2.24, 2.45) is 5.73 Å². The topological polar surface area (TPSA) is 130 Å². The van der Waals surface area contributed by atoms with E-state index in [9.17, 15) is 9.59 Å². The zero-order chi connectivity index (χ0) is 20.9. The third-order valence-electron chi connectivity index (χ3n) is 4.16. The van der Waals surface area contributed by atoms with Crippen molar-refractivity contribution >= 4 is 17.8 Å². The number of nitrogens with two attached hydrogens (primary N) is 1. The zero-order valence-electron chi connectivity index (χ0n) is 17.2. The molecule has 0 aliphatic heterocycles. The molecular formula is C19H32N6O3. The molecule has 1 aliphatic carbocycles. The van der Waals surface area contributed by atoms with Gasteiger partial charge in [-0.15, -0.1) is 0 Å². The summed E-state index contributed by atoms with van der Waals surface area (Å²) in [6, 6.07) is 3.23. The number of urea groups is 1. The van der Waals surface area contributed by atoms with Crippen molar-refractivity contribution in [2.45, 2.75) is 65.3 Å². The molecule has 0 aromatic carbocycles. The quantitative estimate of drug-likeness (QED) is 0.735. The molecule has 156 valence electrons. The summed E-state index contributed by atoms with van der Waals surface area (Å²) in [4.78, 5) is 23.2. The molecule has 9 heteroatoms. The third-order valence-corrected chi connectivity index (χ3v) is 4.16. The summed E-state index contributed by atoms with van der Waals surface area (Å²) in [5, 5.41) is 12.7. The first-order valence-electron chi connectivity index (χ1n) is 9.53. The molecule has 1 saturated carbocycles. The summed E-state index contributed by atoms with van der Waals surface area (Å²) < 4.78 is 4.92. The van der Waals surface area contributed by atoms with Gasteiger partial charge in [-0.1, -0.05) is 37.3 Å². The van der Waals surface area contributed by atoms with Gasteiger partial charge in [0, 0.05) is 25.2 Å². The number of hydrogen-bond donors (Lipinski definition) is 3. The highest BCUT2D eigenvalue weighted by atomic mass is 16.5. The van der Waals surface area contributed by atoms with Crippen LogP contribution in [0.5, 0.6) is 0 Å². The average molecular weight is 393 g/mol. The molecule has 2 heterocycles. The van der Waals surface area contributed by atoms with Crippen molar-refractivity contribution in [3.05, 3.63) is 29.8 Å². The van der Waals surface area contributed by atoms with Crippen LogP contribution in [-0.4, -0.2) is 45.3 Å². The molecule has 2 aromatic rings. The van der Waals surface area contributed by atoms with E-state index >= 15 is 0 Å². The van der Waals surface area contributed by atoms with E-state index < -0.39 is 0 Å². The molecule has 1 aliphatic rings. The van der Waals surface area contributed by atoms with Gasteiger partial charge in [0.25, 0.3) is 0 Å². The number of aryl methyl sites for hydroxylation is 1. The van der Waals surface area contributed by atoms with E-state index in [0.29, 0.717) is 11.6 Å². The lowest BCUT2D eigenvalue weighted by Crippen LogP contribution is -2.37. The number of aromatic nitrogens is 3. The first-order valence-corrected chi connectivity index (χ1v) is 9.53. The number of carbonyl (C=O) groups is 2. The lowest BCUT2D eigenvalue weighted by molar-refractivity contribution is -0.115. The maximum absolute atomic E-state index is 11.4. The van der Waals surface area contributed by atoms with Crippen molar-refractivity contribution in [3.63, 3.8) is 0 Å². The summed E-state index contributed by atoms with van der Waals surface area (Å²) >= 11 is 0. The van der Waals surface area contributed by atoms with Crippen LogP contribution in [0.1, 0.15) is 57.4 Å². The number of anilines is 1. The Balaban J connectivity index is 0.000000252. The van der Waals surface area contributed by atoms with Crippen LogP contribution < -0.4 is 11.1 Å². The molecule has 0 spiro atoms. The summed E-state index contributed by atoms with van der Waals surface area (Å²) in [5.41, 5.74) is 5.69. The molecule has 4 N–H and O–H groups in total. The van der Waals surface area contributed by atoms with Gasteiger partial charge in [0.1, 0.15) is 11.6 Å². The predicted octanol–water partition coefficient (Wildman–Crippen LogP) is 3.24. The third kappa shape index (κ3) is 9.75. The van der Waals surface area contributed by atoms with Crippen LogP contribution in [0.4, 0.5) is 10.6 Å². The Labute approximate surface area is 166 Å². The fourth-order valence-electron chi connectivity index (χ4n) is 2.32. The fourth-order valence-corrected chi connectivity index (χ4v) is 2.32. The highest BCUT2D eigenvalue weighted by Crippen LogP contribution is 2.15. The maximum atomic E-state index is 11.4. The Morgan fingerprint density at radius 2 is 1.89 bits per heavy atom. The van der Waals surface area contributed by atoms with Crippen LogP contribution in [0.2, 0.25) is 0 Å². The molecule has 28 heavy (non-hydrogen) atoms. The molecule has 0 unspecified atom stereocenters. The number of primary amides is 1. The molecule has 0 saturated heterocycles. The van der Waals surface area contributed by atoms with E-state index in [2.05, 4.69) is 20.7 Å². The molecule has 3 rings (SSSR count). The average Bonchev–Trinajstić information content (AvgIpc) is 3.39. The first kappa shape index (κ1) is 23.2. The maximum Gasteiger partial charge on any atom is 0.314 e. The molecule has 0 bridgehead atoms. The number of amides is 3. The van der Waals surface area contributed by atoms with Gasteiger partial charge < -0.3 is 20.5 Å². The molecule has 9 nitrogen and oxygen atoms in total. The van der Waals surface area contributed by atoms with Crippen LogP contribution in [-0.2, 0) is 11.2 Å². The summed E-state index contributed by atoms with van der Waals surface area (Å²) in [5.74, 6) is 0.941. The Morgan fingerprint density at radius 3 is 2.25 bits per heavy atom. The van der Waals surface area contributed by atoms with E-state index in [1.165, 1.54) is 37.0 Å². The van der Waals surface area contributed by atoms with Crippen molar-refractivity contribution < 1.29 is 14.1 Å². The minimum atomic E-state index is -0.375. The molecule has 0 atom stereocenters. The zero-order valence-corrected chi connectivity index (χ0v) is 17.2. The van der Waals surface area contributed by atoms with Gasteiger partial charge >= 0.3 is 6.03 Å². The van der Waals surface area contributed by atoms with Gasteiger partial charge in [0.15, 0.2) is 0 Å². The van der Waals surface area contributed by atoms with Crippen LogP contribution in [0.25, 0.3) is 0 Å². The van der Waals surface area contributed by atoms with Gasteiger partial charge in [0.05, 0.1) is 18.3 Å². The number of nitrogens with one attached hydrogen (secondary N) is 2. The van der Waals surface area contributed by atoms with Crippen molar-refractivity contribution in [1.29, 1.82) is 0 Å². The normalized spacial score (nSPS) is 12.5. The van der Waals surface area contributed by atoms with E-state index in [0.717, 1.165) is 5.69 Å². The number of hydrogen-bond acceptors (Lipinski definition) is 5. The minimum absolute atomic E-state index is 0.167. The van der Waals surface area contributed by atoms with Gasteiger partial charge in [-0.25, -0.2) is 4.79 Å². The standard InChI is InChI=1S/C9H10N4O2.C5H12N2O.C5H10/c1-6-4-7(15-13-6)5-9(14)11-8-2-3-10-12-8;1-4(2)7(3)5(6)8;1-2-4-5-3-1/h2-4H,5H2,1H3,(H2,10,11,12,14);4H,1-3H3,(H2,6,8);1-5H2. The highest BCUT2D eigenvalue weighted by molar-refractivity contribution is 5.90. The van der Waals surface area contributed by atoms with Crippen molar-refractivity contribution in [2.75, 3.05) is 12.4 Å².